The van der Waals surface area contributed by atoms with Crippen LogP contribution in [0.15, 0.2) is 152 Å². The Kier molecular flexibility index (Phi) is 7.90. The van der Waals surface area contributed by atoms with E-state index in [2.05, 4.69) is 157 Å². The minimum Gasteiger partial charge on any atom is -0.310 e. The van der Waals surface area contributed by atoms with Crippen LogP contribution < -0.4 is 4.90 Å². The Hall–Kier alpha value is -5.14. The van der Waals surface area contributed by atoms with Gasteiger partial charge in [0.1, 0.15) is 0 Å². The fraction of sp³-hybridized carbons (Fsp3) is 0.345. The normalized spacial score (nSPS) is 30.0. The third-order valence-corrected chi connectivity index (χ3v) is 16.9. The van der Waals surface area contributed by atoms with E-state index in [9.17, 15) is 0 Å². The van der Waals surface area contributed by atoms with Gasteiger partial charge in [-0.3, -0.25) is 0 Å². The molecule has 8 bridgehead atoms. The van der Waals surface area contributed by atoms with E-state index in [0.29, 0.717) is 0 Å². The second kappa shape index (κ2) is 13.4. The molecule has 8 fully saturated rings. The minimum absolute atomic E-state index is 0.243. The van der Waals surface area contributed by atoms with Crippen molar-refractivity contribution in [3.8, 4) is 22.3 Å². The number of nitrogens with zero attached hydrogens (tertiary/aromatic N) is 1. The molecule has 59 heavy (non-hydrogen) atoms. The summed E-state index contributed by atoms with van der Waals surface area (Å²) in [5, 5.41) is 5.20. The fourth-order valence-corrected chi connectivity index (χ4v) is 15.3. The van der Waals surface area contributed by atoms with Gasteiger partial charge in [-0.2, -0.15) is 0 Å². The summed E-state index contributed by atoms with van der Waals surface area (Å²) in [7, 11) is 0. The summed E-state index contributed by atoms with van der Waals surface area (Å²) >= 11 is 0. The third kappa shape index (κ3) is 5.70. The maximum absolute atomic E-state index is 2.70. The van der Waals surface area contributed by atoms with Gasteiger partial charge in [-0.25, -0.2) is 0 Å². The van der Waals surface area contributed by atoms with Gasteiger partial charge in [0.15, 0.2) is 0 Å². The van der Waals surface area contributed by atoms with Crippen LogP contribution in [0, 0.1) is 41.4 Å². The highest BCUT2D eigenvalue weighted by molar-refractivity contribution is 6.14. The zero-order valence-electron chi connectivity index (χ0n) is 34.3. The number of fused-ring (bicyclic) bond motifs is 3. The standard InChI is InChI=1S/C58H55N/c1-2-9-42(10-3-1)43-17-19-49(20-18-43)59(56-32-45-11-4-5-14-51(45)53-15-6-7-16-54(53)56)50-21-22-52(55(33-50)58-34-39-24-40(35-58)26-41(25-39)36-58)44-12-8-13-46(31-44)57-47-27-37-23-38(29-47)30-48(57)28-37/h1-22,31-33,37-41,47-48,57H,23-30,34-36H2. The summed E-state index contributed by atoms with van der Waals surface area (Å²) in [4.78, 5) is 2.60. The smallest absolute Gasteiger partial charge is 0.0546 e. The van der Waals surface area contributed by atoms with E-state index >= 15 is 0 Å². The Morgan fingerprint density at radius 2 is 0.983 bits per heavy atom. The van der Waals surface area contributed by atoms with Gasteiger partial charge in [-0.15, -0.1) is 0 Å². The Morgan fingerprint density at radius 1 is 0.407 bits per heavy atom. The average Bonchev–Trinajstić information content (AvgIpc) is 3.26. The number of benzene rings is 7. The zero-order valence-corrected chi connectivity index (χ0v) is 34.3. The molecule has 8 aliphatic rings. The van der Waals surface area contributed by atoms with Gasteiger partial charge in [-0.1, -0.05) is 121 Å². The van der Waals surface area contributed by atoms with Crippen molar-refractivity contribution in [1.82, 2.24) is 0 Å². The molecule has 0 heterocycles. The zero-order chi connectivity index (χ0) is 38.7. The van der Waals surface area contributed by atoms with Crippen LogP contribution in [0.2, 0.25) is 0 Å². The van der Waals surface area contributed by atoms with Crippen LogP contribution in [0.25, 0.3) is 43.8 Å². The van der Waals surface area contributed by atoms with Crippen molar-refractivity contribution in [2.45, 2.75) is 82.0 Å². The molecule has 292 valence electrons. The molecule has 7 aromatic rings. The highest BCUT2D eigenvalue weighted by Crippen LogP contribution is 2.63. The maximum atomic E-state index is 2.70. The highest BCUT2D eigenvalue weighted by Gasteiger charge is 2.53. The number of hydrogen-bond donors (Lipinski definition) is 0. The molecule has 0 amide bonds. The molecule has 0 unspecified atom stereocenters. The lowest BCUT2D eigenvalue weighted by Crippen LogP contribution is -2.48. The predicted octanol–water partition coefficient (Wildman–Crippen LogP) is 15.8. The van der Waals surface area contributed by atoms with Gasteiger partial charge in [0.05, 0.1) is 5.69 Å². The van der Waals surface area contributed by atoms with Crippen molar-refractivity contribution >= 4 is 38.6 Å². The maximum Gasteiger partial charge on any atom is 0.0546 e. The topological polar surface area (TPSA) is 3.24 Å². The van der Waals surface area contributed by atoms with E-state index in [1.807, 2.05) is 0 Å². The highest BCUT2D eigenvalue weighted by atomic mass is 15.1. The first-order valence-corrected chi connectivity index (χ1v) is 23.2. The lowest BCUT2D eigenvalue weighted by Gasteiger charge is -2.57. The van der Waals surface area contributed by atoms with Crippen LogP contribution in [0.3, 0.4) is 0 Å². The van der Waals surface area contributed by atoms with Crippen molar-refractivity contribution < 1.29 is 0 Å². The Morgan fingerprint density at radius 3 is 1.69 bits per heavy atom. The molecule has 0 saturated heterocycles. The Labute approximate surface area is 350 Å². The third-order valence-electron chi connectivity index (χ3n) is 16.9. The van der Waals surface area contributed by atoms with Gasteiger partial charge in [-0.05, 0) is 203 Å². The van der Waals surface area contributed by atoms with Crippen LogP contribution in [0.1, 0.15) is 87.7 Å². The largest absolute Gasteiger partial charge is 0.310 e. The molecule has 0 aromatic heterocycles. The number of hydrogen-bond acceptors (Lipinski definition) is 1. The molecule has 0 atom stereocenters. The van der Waals surface area contributed by atoms with Gasteiger partial charge >= 0.3 is 0 Å². The van der Waals surface area contributed by atoms with E-state index in [1.54, 1.807) is 11.1 Å². The lowest BCUT2D eigenvalue weighted by molar-refractivity contribution is -0.00494. The summed E-state index contributed by atoms with van der Waals surface area (Å²) in [5.74, 6) is 7.18. The van der Waals surface area contributed by atoms with E-state index in [0.717, 1.165) is 47.3 Å². The van der Waals surface area contributed by atoms with Crippen molar-refractivity contribution in [2.24, 2.45) is 41.4 Å². The van der Waals surface area contributed by atoms with Crippen molar-refractivity contribution in [3.05, 3.63) is 163 Å². The number of anilines is 3. The van der Waals surface area contributed by atoms with E-state index in [4.69, 9.17) is 0 Å². The van der Waals surface area contributed by atoms with Crippen LogP contribution >= 0.6 is 0 Å². The predicted molar refractivity (Wildman–Crippen MR) is 247 cm³/mol. The fourth-order valence-electron chi connectivity index (χ4n) is 15.3. The molecule has 1 nitrogen and oxygen atoms in total. The molecule has 8 aliphatic carbocycles. The summed E-state index contributed by atoms with van der Waals surface area (Å²) in [6.45, 7) is 0. The van der Waals surface area contributed by atoms with Gasteiger partial charge < -0.3 is 4.90 Å². The van der Waals surface area contributed by atoms with Crippen LogP contribution in [-0.4, -0.2) is 0 Å². The molecular weight excluding hydrogens is 711 g/mol. The molecule has 15 rings (SSSR count). The molecule has 1 heteroatoms. The molecule has 7 aromatic carbocycles. The second-order valence-electron chi connectivity index (χ2n) is 20.4. The van der Waals surface area contributed by atoms with Crippen LogP contribution in [0.5, 0.6) is 0 Å². The van der Waals surface area contributed by atoms with E-state index in [-0.39, 0.29) is 5.41 Å². The van der Waals surface area contributed by atoms with Gasteiger partial charge in [0, 0.05) is 16.8 Å². The molecule has 8 saturated carbocycles. The van der Waals surface area contributed by atoms with Crippen molar-refractivity contribution in [2.75, 3.05) is 4.90 Å². The summed E-state index contributed by atoms with van der Waals surface area (Å²) < 4.78 is 0. The monoisotopic (exact) mass is 765 g/mol. The summed E-state index contributed by atoms with van der Waals surface area (Å²) in [6.07, 6.45) is 15.9. The quantitative estimate of drug-likeness (QED) is 0.146. The number of rotatable bonds is 7. The first kappa shape index (κ1) is 34.7. The van der Waals surface area contributed by atoms with Crippen LogP contribution in [-0.2, 0) is 5.41 Å². The molecule has 0 aliphatic heterocycles. The molecule has 0 radical (unpaired) electrons. The molecule has 0 N–H and O–H groups in total. The molecule has 0 spiro atoms. The first-order valence-electron chi connectivity index (χ1n) is 23.2. The average molecular weight is 766 g/mol. The first-order chi connectivity index (χ1) is 29.1. The molecular formula is C58H55N. The SMILES string of the molecule is c1ccc(-c2ccc(N(c3ccc(-c4cccc(C5C6CC7CC(C6)CC5C7)c4)c(C45CC6CC(CC(C6)C4)C5)c3)c3cc4ccccc4c4ccccc34)cc2)cc1. The van der Waals surface area contributed by atoms with Crippen LogP contribution in [0.4, 0.5) is 17.1 Å². The Balaban J connectivity index is 1.00. The minimum atomic E-state index is 0.243. The second-order valence-corrected chi connectivity index (χ2v) is 20.4. The lowest BCUT2D eigenvalue weighted by atomic mass is 9.47. The van der Waals surface area contributed by atoms with E-state index in [1.165, 1.54) is 131 Å². The van der Waals surface area contributed by atoms with Crippen molar-refractivity contribution in [3.63, 3.8) is 0 Å². The Bertz CT molecular complexity index is 2660. The summed E-state index contributed by atoms with van der Waals surface area (Å²) in [5.41, 5.74) is 12.7. The van der Waals surface area contributed by atoms with E-state index < -0.39 is 0 Å². The van der Waals surface area contributed by atoms with Crippen molar-refractivity contribution in [1.29, 1.82) is 0 Å². The van der Waals surface area contributed by atoms with Gasteiger partial charge in [0.2, 0.25) is 0 Å². The summed E-state index contributed by atoms with van der Waals surface area (Å²) in [6, 6.07) is 58.5. The van der Waals surface area contributed by atoms with Gasteiger partial charge in [0.25, 0.3) is 0 Å².